The molecule has 0 bridgehead atoms. The number of carbonyl (C=O) groups is 2. The zero-order valence-corrected chi connectivity index (χ0v) is 11.7. The van der Waals surface area contributed by atoms with Crippen LogP contribution >= 0.6 is 0 Å². The summed E-state index contributed by atoms with van der Waals surface area (Å²) in [5.41, 5.74) is 1.51. The highest BCUT2D eigenvalue weighted by molar-refractivity contribution is 5.94. The molecule has 0 fully saturated rings. The maximum Gasteiger partial charge on any atom is 0.341 e. The lowest BCUT2D eigenvalue weighted by atomic mass is 10.1. The number of nitrogens with one attached hydrogen (secondary N) is 1. The number of esters is 1. The highest BCUT2D eigenvalue weighted by atomic mass is 16.5. The molecule has 2 rings (SSSR count). The van der Waals surface area contributed by atoms with Crippen LogP contribution in [0.2, 0.25) is 0 Å². The molecule has 0 saturated heterocycles. The summed E-state index contributed by atoms with van der Waals surface area (Å²) < 4.78 is 14.7. The van der Waals surface area contributed by atoms with Gasteiger partial charge in [0.1, 0.15) is 17.6 Å². The summed E-state index contributed by atoms with van der Waals surface area (Å²) in [6, 6.07) is 6.62. The number of methoxy groups -OCH3 is 2. The van der Waals surface area contributed by atoms with Crippen molar-refractivity contribution in [3.8, 4) is 5.75 Å². The number of amides is 1. The van der Waals surface area contributed by atoms with Gasteiger partial charge in [-0.1, -0.05) is 6.07 Å². The lowest BCUT2D eigenvalue weighted by molar-refractivity contribution is 0.0597. The van der Waals surface area contributed by atoms with Crippen molar-refractivity contribution in [2.24, 2.45) is 0 Å². The molecule has 1 N–H and O–H groups in total. The van der Waals surface area contributed by atoms with Crippen LogP contribution < -0.4 is 10.1 Å². The smallest absolute Gasteiger partial charge is 0.341 e. The van der Waals surface area contributed by atoms with Crippen molar-refractivity contribution in [2.75, 3.05) is 14.2 Å². The molecule has 0 radical (unpaired) electrons. The minimum absolute atomic E-state index is 0.251. The van der Waals surface area contributed by atoms with Gasteiger partial charge in [-0.3, -0.25) is 4.79 Å². The third-order valence-corrected chi connectivity index (χ3v) is 2.91. The van der Waals surface area contributed by atoms with Crippen LogP contribution in [0.1, 0.15) is 26.3 Å². The highest BCUT2D eigenvalue weighted by Gasteiger charge is 2.14. The van der Waals surface area contributed by atoms with Crippen LogP contribution in [-0.4, -0.2) is 26.1 Å². The van der Waals surface area contributed by atoms with Gasteiger partial charge in [-0.25, -0.2) is 4.79 Å². The van der Waals surface area contributed by atoms with Crippen LogP contribution in [0, 0.1) is 0 Å². The summed E-state index contributed by atoms with van der Waals surface area (Å²) in [5.74, 6) is -0.319. The number of hydrogen-bond donors (Lipinski definition) is 1. The van der Waals surface area contributed by atoms with E-state index in [-0.39, 0.29) is 12.5 Å². The van der Waals surface area contributed by atoms with Crippen molar-refractivity contribution in [2.45, 2.75) is 6.54 Å². The zero-order chi connectivity index (χ0) is 15.2. The molecular weight excluding hydrogens is 274 g/mol. The van der Waals surface area contributed by atoms with E-state index in [1.165, 1.54) is 26.7 Å². The number of furan rings is 1. The van der Waals surface area contributed by atoms with Gasteiger partial charge < -0.3 is 19.2 Å². The predicted octanol–water partition coefficient (Wildman–Crippen LogP) is 2.00. The van der Waals surface area contributed by atoms with Crippen molar-refractivity contribution in [1.82, 2.24) is 5.32 Å². The molecule has 110 valence electrons. The van der Waals surface area contributed by atoms with E-state index in [2.05, 4.69) is 5.32 Å². The van der Waals surface area contributed by atoms with Crippen molar-refractivity contribution >= 4 is 11.9 Å². The fourth-order valence-corrected chi connectivity index (χ4v) is 1.81. The van der Waals surface area contributed by atoms with Gasteiger partial charge >= 0.3 is 5.97 Å². The molecule has 1 aromatic heterocycles. The fraction of sp³-hybridized carbons (Fsp3) is 0.200. The Hall–Kier alpha value is -2.76. The van der Waals surface area contributed by atoms with Crippen molar-refractivity contribution in [3.63, 3.8) is 0 Å². The first kappa shape index (κ1) is 14.6. The maximum absolute atomic E-state index is 11.8. The van der Waals surface area contributed by atoms with Gasteiger partial charge in [0.2, 0.25) is 0 Å². The lowest BCUT2D eigenvalue weighted by Crippen LogP contribution is -2.22. The Morgan fingerprint density at radius 2 is 2.05 bits per heavy atom. The molecule has 2 aromatic rings. The summed E-state index contributed by atoms with van der Waals surface area (Å²) in [5, 5.41) is 2.73. The molecule has 1 amide bonds. The number of hydrogen-bond acceptors (Lipinski definition) is 5. The molecule has 0 atom stereocenters. The van der Waals surface area contributed by atoms with E-state index < -0.39 is 5.97 Å². The van der Waals surface area contributed by atoms with E-state index in [9.17, 15) is 9.59 Å². The molecule has 0 aliphatic rings. The SMILES string of the molecule is COC(=O)c1cc(CNC(=O)c2ccoc2)ccc1OC. The monoisotopic (exact) mass is 289 g/mol. The topological polar surface area (TPSA) is 77.8 Å². The molecule has 6 heteroatoms. The second-order valence-corrected chi connectivity index (χ2v) is 4.22. The van der Waals surface area contributed by atoms with Crippen molar-refractivity contribution in [3.05, 3.63) is 53.5 Å². The number of rotatable bonds is 5. The van der Waals surface area contributed by atoms with Gasteiger partial charge in [-0.05, 0) is 23.8 Å². The van der Waals surface area contributed by atoms with Crippen LogP contribution in [-0.2, 0) is 11.3 Å². The summed E-state index contributed by atoms with van der Waals surface area (Å²) in [4.78, 5) is 23.5. The summed E-state index contributed by atoms with van der Waals surface area (Å²) in [6.45, 7) is 0.276. The summed E-state index contributed by atoms with van der Waals surface area (Å²) in [7, 11) is 2.78. The van der Waals surface area contributed by atoms with E-state index in [4.69, 9.17) is 13.9 Å². The van der Waals surface area contributed by atoms with Gasteiger partial charge in [0, 0.05) is 6.54 Å². The average molecular weight is 289 g/mol. The predicted molar refractivity (Wildman–Crippen MR) is 74.2 cm³/mol. The van der Waals surface area contributed by atoms with Gasteiger partial charge in [0.25, 0.3) is 5.91 Å². The fourth-order valence-electron chi connectivity index (χ4n) is 1.81. The molecule has 0 aliphatic carbocycles. The van der Waals surface area contributed by atoms with E-state index in [0.29, 0.717) is 16.9 Å². The van der Waals surface area contributed by atoms with Crippen molar-refractivity contribution in [1.29, 1.82) is 0 Å². The standard InChI is InChI=1S/C15H15NO5/c1-19-13-4-3-10(7-12(13)15(18)20-2)8-16-14(17)11-5-6-21-9-11/h3-7,9H,8H2,1-2H3,(H,16,17). The molecule has 0 saturated carbocycles. The Balaban J connectivity index is 2.10. The van der Waals surface area contributed by atoms with Gasteiger partial charge in [-0.2, -0.15) is 0 Å². The third kappa shape index (κ3) is 3.42. The Labute approximate surface area is 121 Å². The zero-order valence-electron chi connectivity index (χ0n) is 11.7. The van der Waals surface area contributed by atoms with Gasteiger partial charge in [-0.15, -0.1) is 0 Å². The van der Waals surface area contributed by atoms with E-state index >= 15 is 0 Å². The second-order valence-electron chi connectivity index (χ2n) is 4.22. The maximum atomic E-state index is 11.8. The van der Waals surface area contributed by atoms with E-state index in [1.54, 1.807) is 24.3 Å². The first-order chi connectivity index (χ1) is 10.2. The molecule has 0 unspecified atom stereocenters. The Bertz CT molecular complexity index is 634. The van der Waals surface area contributed by atoms with E-state index in [1.807, 2.05) is 0 Å². The Kier molecular flexibility index (Phi) is 4.61. The molecular formula is C15H15NO5. The lowest BCUT2D eigenvalue weighted by Gasteiger charge is -2.09. The van der Waals surface area contributed by atoms with Gasteiger partial charge in [0.05, 0.1) is 26.0 Å². The molecule has 1 aromatic carbocycles. The normalized spacial score (nSPS) is 10.0. The van der Waals surface area contributed by atoms with Crippen LogP contribution in [0.3, 0.4) is 0 Å². The summed E-state index contributed by atoms with van der Waals surface area (Å²) in [6.07, 6.45) is 2.79. The Morgan fingerprint density at radius 3 is 2.67 bits per heavy atom. The minimum Gasteiger partial charge on any atom is -0.496 e. The van der Waals surface area contributed by atoms with Gasteiger partial charge in [0.15, 0.2) is 0 Å². The average Bonchev–Trinajstić information content (AvgIpc) is 3.06. The third-order valence-electron chi connectivity index (χ3n) is 2.91. The quantitative estimate of drug-likeness (QED) is 0.852. The second kappa shape index (κ2) is 6.60. The molecule has 0 spiro atoms. The molecule has 6 nitrogen and oxygen atoms in total. The Morgan fingerprint density at radius 1 is 1.24 bits per heavy atom. The van der Waals surface area contributed by atoms with Crippen molar-refractivity contribution < 1.29 is 23.5 Å². The van der Waals surface area contributed by atoms with Crippen LogP contribution in [0.25, 0.3) is 0 Å². The number of ether oxygens (including phenoxy) is 2. The van der Waals surface area contributed by atoms with Crippen LogP contribution in [0.5, 0.6) is 5.75 Å². The number of benzene rings is 1. The number of carbonyl (C=O) groups excluding carboxylic acids is 2. The first-order valence-corrected chi connectivity index (χ1v) is 6.21. The minimum atomic E-state index is -0.491. The first-order valence-electron chi connectivity index (χ1n) is 6.21. The molecule has 21 heavy (non-hydrogen) atoms. The van der Waals surface area contributed by atoms with E-state index in [0.717, 1.165) is 5.56 Å². The largest absolute Gasteiger partial charge is 0.496 e. The van der Waals surface area contributed by atoms with Crippen LogP contribution in [0.15, 0.2) is 41.2 Å². The molecule has 0 aliphatic heterocycles. The summed E-state index contributed by atoms with van der Waals surface area (Å²) >= 11 is 0. The molecule has 1 heterocycles. The highest BCUT2D eigenvalue weighted by Crippen LogP contribution is 2.20. The van der Waals surface area contributed by atoms with Crippen LogP contribution in [0.4, 0.5) is 0 Å².